The van der Waals surface area contributed by atoms with E-state index in [4.69, 9.17) is 9.29 Å². The van der Waals surface area contributed by atoms with Gasteiger partial charge in [0, 0.05) is 11.8 Å². The minimum Gasteiger partial charge on any atom is -0.494 e. The first-order chi connectivity index (χ1) is 21.3. The third kappa shape index (κ3) is 9.48. The van der Waals surface area contributed by atoms with Gasteiger partial charge in [-0.15, -0.1) is 0 Å². The topological polar surface area (TPSA) is 198 Å². The lowest BCUT2D eigenvalue weighted by atomic mass is 10.2. The van der Waals surface area contributed by atoms with Gasteiger partial charge >= 0.3 is 6.03 Å². The SMILES string of the molecule is COc1cc(N=Nc2cccc(CS(=O)(=O)O)c2)ccc1NC(=O)Nc1ccc(N=Nc2cccc(S(=O)(=O)OC)c2)cc1C. The monoisotopic (exact) mass is 652 g/mol. The minimum absolute atomic E-state index is 0.0411. The average molecular weight is 653 g/mol. The van der Waals surface area contributed by atoms with Gasteiger partial charge in [-0.2, -0.15) is 37.3 Å². The highest BCUT2D eigenvalue weighted by Gasteiger charge is 2.14. The Balaban J connectivity index is 1.40. The van der Waals surface area contributed by atoms with Crippen molar-refractivity contribution in [2.75, 3.05) is 24.9 Å². The fourth-order valence-corrected chi connectivity index (χ4v) is 5.22. The molecule has 0 fully saturated rings. The third-order valence-electron chi connectivity index (χ3n) is 6.04. The van der Waals surface area contributed by atoms with Crippen molar-refractivity contribution in [3.8, 4) is 5.75 Å². The van der Waals surface area contributed by atoms with Crippen LogP contribution in [0.4, 0.5) is 38.9 Å². The van der Waals surface area contributed by atoms with Crippen molar-refractivity contribution in [1.82, 2.24) is 0 Å². The Labute approximate surface area is 259 Å². The molecule has 14 nitrogen and oxygen atoms in total. The summed E-state index contributed by atoms with van der Waals surface area (Å²) in [7, 11) is -5.54. The Hall–Kier alpha value is -5.03. The lowest BCUT2D eigenvalue weighted by molar-refractivity contribution is 0.262. The smallest absolute Gasteiger partial charge is 0.323 e. The van der Waals surface area contributed by atoms with E-state index in [9.17, 15) is 21.6 Å². The quantitative estimate of drug-likeness (QED) is 0.0858. The molecule has 4 rings (SSSR count). The van der Waals surface area contributed by atoms with E-state index in [-0.39, 0.29) is 4.90 Å². The molecule has 0 aliphatic carbocycles. The summed E-state index contributed by atoms with van der Waals surface area (Å²) in [5.74, 6) is -0.223. The van der Waals surface area contributed by atoms with Crippen LogP contribution in [0.1, 0.15) is 11.1 Å². The molecule has 0 radical (unpaired) electrons. The molecule has 4 aromatic carbocycles. The second-order valence-corrected chi connectivity index (χ2v) is 12.5. The second kappa shape index (κ2) is 14.2. The molecule has 0 aliphatic heterocycles. The highest BCUT2D eigenvalue weighted by Crippen LogP contribution is 2.31. The van der Waals surface area contributed by atoms with E-state index < -0.39 is 32.0 Å². The number of hydrogen-bond donors (Lipinski definition) is 3. The number of anilines is 2. The number of benzene rings is 4. The van der Waals surface area contributed by atoms with E-state index in [2.05, 4.69) is 35.3 Å². The molecule has 0 saturated carbocycles. The number of ether oxygens (including phenoxy) is 1. The molecule has 3 N–H and O–H groups in total. The van der Waals surface area contributed by atoms with E-state index in [1.807, 2.05) is 0 Å². The third-order valence-corrected chi connectivity index (χ3v) is 8.01. The van der Waals surface area contributed by atoms with E-state index in [0.29, 0.717) is 51.0 Å². The number of urea groups is 1. The molecule has 0 atom stereocenters. The molecule has 0 unspecified atom stereocenters. The Morgan fingerprint density at radius 2 is 1.29 bits per heavy atom. The van der Waals surface area contributed by atoms with Crippen LogP contribution in [0.25, 0.3) is 0 Å². The molecule has 234 valence electrons. The number of carbonyl (C=O) groups is 1. The fraction of sp³-hybridized carbons (Fsp3) is 0.138. The molecule has 0 saturated heterocycles. The van der Waals surface area contributed by atoms with Gasteiger partial charge in [-0.3, -0.25) is 8.74 Å². The van der Waals surface area contributed by atoms with Crippen molar-refractivity contribution in [1.29, 1.82) is 0 Å². The van der Waals surface area contributed by atoms with Gasteiger partial charge in [-0.25, -0.2) is 4.79 Å². The Kier molecular flexibility index (Phi) is 10.4. The zero-order valence-electron chi connectivity index (χ0n) is 24.2. The van der Waals surface area contributed by atoms with E-state index in [1.54, 1.807) is 67.6 Å². The van der Waals surface area contributed by atoms with Gasteiger partial charge in [-0.05, 0) is 78.7 Å². The first kappa shape index (κ1) is 32.9. The summed E-state index contributed by atoms with van der Waals surface area (Å²) in [5.41, 5.74) is 3.52. The lowest BCUT2D eigenvalue weighted by Gasteiger charge is -2.13. The highest BCUT2D eigenvalue weighted by atomic mass is 32.2. The van der Waals surface area contributed by atoms with Crippen LogP contribution >= 0.6 is 0 Å². The summed E-state index contributed by atoms with van der Waals surface area (Å²) in [6.45, 7) is 1.78. The molecular formula is C29H28N6O8S2. The maximum absolute atomic E-state index is 12.8. The molecule has 16 heteroatoms. The number of nitrogens with one attached hydrogen (secondary N) is 2. The van der Waals surface area contributed by atoms with Crippen molar-refractivity contribution < 1.29 is 35.1 Å². The highest BCUT2D eigenvalue weighted by molar-refractivity contribution is 7.86. The van der Waals surface area contributed by atoms with Crippen LogP contribution in [0, 0.1) is 6.92 Å². The fourth-order valence-electron chi connectivity index (χ4n) is 3.92. The van der Waals surface area contributed by atoms with Crippen molar-refractivity contribution in [3.63, 3.8) is 0 Å². The molecule has 4 aromatic rings. The number of methoxy groups -OCH3 is 1. The van der Waals surface area contributed by atoms with Crippen LogP contribution < -0.4 is 15.4 Å². The first-order valence-corrected chi connectivity index (χ1v) is 16.0. The van der Waals surface area contributed by atoms with Crippen molar-refractivity contribution in [3.05, 3.63) is 96.1 Å². The second-order valence-electron chi connectivity index (χ2n) is 9.38. The van der Waals surface area contributed by atoms with Crippen LogP contribution in [0.2, 0.25) is 0 Å². The molecule has 0 aliphatic rings. The molecule has 0 bridgehead atoms. The average Bonchev–Trinajstić information content (AvgIpc) is 3.00. The minimum atomic E-state index is -4.18. The van der Waals surface area contributed by atoms with Gasteiger partial charge in [0.05, 0.1) is 47.6 Å². The van der Waals surface area contributed by atoms with Crippen LogP contribution in [0.5, 0.6) is 5.75 Å². The van der Waals surface area contributed by atoms with Crippen LogP contribution in [-0.4, -0.2) is 41.6 Å². The van der Waals surface area contributed by atoms with E-state index in [0.717, 1.165) is 7.11 Å². The summed E-state index contributed by atoms with van der Waals surface area (Å²) >= 11 is 0. The van der Waals surface area contributed by atoms with Gasteiger partial charge in [0.1, 0.15) is 11.5 Å². The lowest BCUT2D eigenvalue weighted by Crippen LogP contribution is -2.20. The predicted molar refractivity (Wildman–Crippen MR) is 167 cm³/mol. The molecular weight excluding hydrogens is 624 g/mol. The molecule has 45 heavy (non-hydrogen) atoms. The Morgan fingerprint density at radius 1 is 0.733 bits per heavy atom. The van der Waals surface area contributed by atoms with Crippen molar-refractivity contribution in [2.24, 2.45) is 20.5 Å². The molecule has 0 spiro atoms. The van der Waals surface area contributed by atoms with Crippen LogP contribution in [0.3, 0.4) is 0 Å². The molecule has 0 heterocycles. The Bertz CT molecular complexity index is 2000. The number of azo groups is 2. The number of hydrogen-bond acceptors (Lipinski definition) is 11. The van der Waals surface area contributed by atoms with E-state index >= 15 is 0 Å². The van der Waals surface area contributed by atoms with Crippen LogP contribution in [0.15, 0.2) is 110 Å². The predicted octanol–water partition coefficient (Wildman–Crippen LogP) is 7.20. The molecule has 2 amide bonds. The van der Waals surface area contributed by atoms with Gasteiger partial charge < -0.3 is 15.4 Å². The van der Waals surface area contributed by atoms with E-state index in [1.165, 1.54) is 31.4 Å². The first-order valence-electron chi connectivity index (χ1n) is 13.0. The van der Waals surface area contributed by atoms with Gasteiger partial charge in [-0.1, -0.05) is 18.2 Å². The Morgan fingerprint density at radius 3 is 1.89 bits per heavy atom. The molecule has 0 aromatic heterocycles. The summed E-state index contributed by atoms with van der Waals surface area (Å²) in [6, 6.07) is 21.3. The standard InChI is InChI=1S/C29H28N6O8S2/c1-19-14-23(34-33-22-8-5-9-25(16-22)45(40,41)43-3)10-12-26(19)30-29(36)31-27-13-11-24(17-28(27)42-2)35-32-21-7-4-6-20(15-21)18-44(37,38)39/h4-17H,18H2,1-3H3,(H2,30,31,36)(H,37,38,39). The number of rotatable bonds is 11. The van der Waals surface area contributed by atoms with Crippen LogP contribution in [-0.2, 0) is 30.2 Å². The summed E-state index contributed by atoms with van der Waals surface area (Å²) in [4.78, 5) is 12.7. The summed E-state index contributed by atoms with van der Waals surface area (Å²) in [6.07, 6.45) is 0. The van der Waals surface area contributed by atoms with Gasteiger partial charge in [0.25, 0.3) is 20.2 Å². The van der Waals surface area contributed by atoms with Gasteiger partial charge in [0.15, 0.2) is 0 Å². The largest absolute Gasteiger partial charge is 0.494 e. The van der Waals surface area contributed by atoms with Gasteiger partial charge in [0.2, 0.25) is 0 Å². The summed E-state index contributed by atoms with van der Waals surface area (Å²) < 4.78 is 65.1. The van der Waals surface area contributed by atoms with Crippen molar-refractivity contribution in [2.45, 2.75) is 17.6 Å². The normalized spacial score (nSPS) is 12.0. The van der Waals surface area contributed by atoms with Crippen molar-refractivity contribution >= 4 is 60.4 Å². The maximum atomic E-state index is 12.8. The zero-order chi connectivity index (χ0) is 32.6. The number of carbonyl (C=O) groups excluding carboxylic acids is 1. The number of amides is 2. The zero-order valence-corrected chi connectivity index (χ0v) is 25.8. The number of aryl methyl sites for hydroxylation is 1. The number of nitrogens with zero attached hydrogens (tertiary/aromatic N) is 4. The summed E-state index contributed by atoms with van der Waals surface area (Å²) in [5, 5.41) is 22.0. The maximum Gasteiger partial charge on any atom is 0.323 e.